The maximum atomic E-state index is 13.3. The van der Waals surface area contributed by atoms with E-state index in [0.29, 0.717) is 48.4 Å². The van der Waals surface area contributed by atoms with Gasteiger partial charge in [0.15, 0.2) is 32.8 Å². The highest BCUT2D eigenvalue weighted by atomic mass is 32.2. The van der Waals surface area contributed by atoms with Crippen LogP contribution in [0.4, 0.5) is 0 Å². The number of methoxy groups -OCH3 is 3. The van der Waals surface area contributed by atoms with Crippen LogP contribution >= 0.6 is 0 Å². The summed E-state index contributed by atoms with van der Waals surface area (Å²) in [6.45, 7) is 6.81. The van der Waals surface area contributed by atoms with Crippen molar-refractivity contribution in [1.82, 2.24) is 0 Å². The van der Waals surface area contributed by atoms with E-state index in [1.807, 2.05) is 32.0 Å². The van der Waals surface area contributed by atoms with Crippen molar-refractivity contribution in [2.45, 2.75) is 76.4 Å². The average Bonchev–Trinajstić information content (AvgIpc) is 3.41. The maximum absolute atomic E-state index is 13.3. The Balaban J connectivity index is 2.01. The zero-order valence-corrected chi connectivity index (χ0v) is 24.3. The van der Waals surface area contributed by atoms with Crippen molar-refractivity contribution in [2.75, 3.05) is 40.3 Å². The predicted molar refractivity (Wildman–Crippen MR) is 147 cm³/mol. The molecule has 0 bridgehead atoms. The highest BCUT2D eigenvalue weighted by molar-refractivity contribution is 7.91. The maximum Gasteiger partial charge on any atom is 0.203 e. The van der Waals surface area contributed by atoms with Crippen LogP contribution in [-0.4, -0.2) is 48.7 Å². The largest absolute Gasteiger partial charge is 0.493 e. The van der Waals surface area contributed by atoms with Crippen LogP contribution in [0.2, 0.25) is 0 Å². The summed E-state index contributed by atoms with van der Waals surface area (Å²) in [4.78, 5) is 0.177. The molecule has 3 rings (SSSR count). The van der Waals surface area contributed by atoms with Gasteiger partial charge in [-0.1, -0.05) is 27.2 Å². The van der Waals surface area contributed by atoms with Gasteiger partial charge < -0.3 is 28.4 Å². The lowest BCUT2D eigenvalue weighted by Crippen LogP contribution is -2.13. The van der Waals surface area contributed by atoms with E-state index in [-0.39, 0.29) is 22.9 Å². The monoisotopic (exact) mass is 550 g/mol. The Hall–Kier alpha value is -2.65. The van der Waals surface area contributed by atoms with Gasteiger partial charge >= 0.3 is 0 Å². The zero-order valence-electron chi connectivity index (χ0n) is 23.5. The van der Waals surface area contributed by atoms with Gasteiger partial charge in [-0.3, -0.25) is 0 Å². The molecule has 38 heavy (non-hydrogen) atoms. The van der Waals surface area contributed by atoms with Crippen molar-refractivity contribution in [3.05, 3.63) is 35.4 Å². The normalized spacial score (nSPS) is 17.3. The van der Waals surface area contributed by atoms with E-state index in [9.17, 15) is 8.42 Å². The van der Waals surface area contributed by atoms with Crippen LogP contribution in [0, 0.1) is 0 Å². The topological polar surface area (TPSA) is 89.5 Å². The van der Waals surface area contributed by atoms with Crippen LogP contribution in [0.5, 0.6) is 28.7 Å². The predicted octanol–water partition coefficient (Wildman–Crippen LogP) is 6.46. The molecule has 1 aliphatic rings. The third-order valence-electron chi connectivity index (χ3n) is 6.51. The molecule has 0 amide bonds. The molecule has 1 aliphatic heterocycles. The van der Waals surface area contributed by atoms with Gasteiger partial charge in [0.25, 0.3) is 0 Å². The second kappa shape index (κ2) is 13.9. The number of hydrogen-bond donors (Lipinski definition) is 0. The van der Waals surface area contributed by atoms with E-state index < -0.39 is 9.84 Å². The molecule has 0 radical (unpaired) electrons. The first-order valence-corrected chi connectivity index (χ1v) is 15.1. The summed E-state index contributed by atoms with van der Waals surface area (Å²) in [7, 11) is 1.16. The van der Waals surface area contributed by atoms with E-state index in [4.69, 9.17) is 28.4 Å². The molecule has 0 aromatic heterocycles. The molecule has 1 saturated heterocycles. The first-order valence-electron chi connectivity index (χ1n) is 13.4. The minimum absolute atomic E-state index is 0.0346. The smallest absolute Gasteiger partial charge is 0.203 e. The molecule has 0 unspecified atom stereocenters. The number of rotatable bonds is 15. The highest BCUT2D eigenvalue weighted by Crippen LogP contribution is 2.48. The van der Waals surface area contributed by atoms with Crippen molar-refractivity contribution in [1.29, 1.82) is 0 Å². The molecule has 2 atom stereocenters. The number of ether oxygens (including phenoxy) is 6. The molecule has 8 nitrogen and oxygen atoms in total. The third kappa shape index (κ3) is 6.86. The highest BCUT2D eigenvalue weighted by Gasteiger charge is 2.32. The molecule has 0 N–H and O–H groups in total. The van der Waals surface area contributed by atoms with Crippen LogP contribution in [0.3, 0.4) is 0 Å². The van der Waals surface area contributed by atoms with Crippen LogP contribution < -0.4 is 23.7 Å². The van der Waals surface area contributed by atoms with Gasteiger partial charge in [0, 0.05) is 0 Å². The Morgan fingerprint density at radius 3 is 1.87 bits per heavy atom. The minimum Gasteiger partial charge on any atom is -0.493 e. The summed E-state index contributed by atoms with van der Waals surface area (Å²) in [5, 5.41) is 0. The van der Waals surface area contributed by atoms with Crippen LogP contribution in [0.1, 0.15) is 82.6 Å². The van der Waals surface area contributed by atoms with Crippen molar-refractivity contribution in [2.24, 2.45) is 0 Å². The standard InChI is InChI=1S/C29H42O8S/c1-7-10-14-35-26-18-21(19-27(29(26)36-13-8-2)38(30,31)15-9-3)23-12-11-22(37-23)20-16-24(32-4)28(34-6)25(17-20)33-5/h16-19,22-23H,7-15H2,1-6H3/t22-,23-/m0/s1. The molecule has 2 aromatic rings. The van der Waals surface area contributed by atoms with Crippen molar-refractivity contribution in [3.63, 3.8) is 0 Å². The molecule has 0 aliphatic carbocycles. The molecule has 2 aromatic carbocycles. The third-order valence-corrected chi connectivity index (χ3v) is 8.43. The Bertz CT molecular complexity index is 1140. The van der Waals surface area contributed by atoms with Crippen LogP contribution in [0.25, 0.3) is 0 Å². The lowest BCUT2D eigenvalue weighted by Gasteiger charge is -2.21. The summed E-state index contributed by atoms with van der Waals surface area (Å²) in [5.74, 6) is 2.44. The van der Waals surface area contributed by atoms with Crippen LogP contribution in [0.15, 0.2) is 29.2 Å². The zero-order chi connectivity index (χ0) is 27.7. The fourth-order valence-corrected chi connectivity index (χ4v) is 6.10. The Morgan fingerprint density at radius 1 is 0.737 bits per heavy atom. The lowest BCUT2D eigenvalue weighted by atomic mass is 10.0. The van der Waals surface area contributed by atoms with Gasteiger partial charge in [-0.2, -0.15) is 0 Å². The molecule has 1 heterocycles. The number of sulfone groups is 1. The van der Waals surface area contributed by atoms with Crippen molar-refractivity contribution in [3.8, 4) is 28.7 Å². The molecular weight excluding hydrogens is 508 g/mol. The summed E-state index contributed by atoms with van der Waals surface area (Å²) < 4.78 is 61.7. The second-order valence-electron chi connectivity index (χ2n) is 9.37. The SMILES string of the molecule is CCCCOc1cc([C@@H]2CC[C@@H](c3cc(OC)c(OC)c(OC)c3)O2)cc(S(=O)(=O)CCC)c1OCCC. The molecule has 1 fully saturated rings. The summed E-state index contributed by atoms with van der Waals surface area (Å²) in [6.07, 6.45) is 4.04. The Morgan fingerprint density at radius 2 is 1.34 bits per heavy atom. The van der Waals surface area contributed by atoms with Gasteiger partial charge in [-0.15, -0.1) is 0 Å². The number of unbranched alkanes of at least 4 members (excludes halogenated alkanes) is 1. The van der Waals surface area contributed by atoms with Gasteiger partial charge in [-0.05, 0) is 67.5 Å². The second-order valence-corrected chi connectivity index (χ2v) is 11.4. The van der Waals surface area contributed by atoms with Gasteiger partial charge in [0.1, 0.15) is 4.90 Å². The van der Waals surface area contributed by atoms with E-state index in [1.54, 1.807) is 27.4 Å². The van der Waals surface area contributed by atoms with E-state index in [0.717, 1.165) is 43.2 Å². The molecule has 0 spiro atoms. The van der Waals surface area contributed by atoms with Crippen LogP contribution in [-0.2, 0) is 14.6 Å². The summed E-state index contributed by atoms with van der Waals surface area (Å²) >= 11 is 0. The van der Waals surface area contributed by atoms with E-state index in [1.165, 1.54) is 0 Å². The van der Waals surface area contributed by atoms with Crippen molar-refractivity contribution >= 4 is 9.84 Å². The lowest BCUT2D eigenvalue weighted by molar-refractivity contribution is 0.0434. The summed E-state index contributed by atoms with van der Waals surface area (Å²) in [5.41, 5.74) is 1.67. The molecular formula is C29H42O8S. The summed E-state index contributed by atoms with van der Waals surface area (Å²) in [6, 6.07) is 7.39. The Kier molecular flexibility index (Phi) is 11.0. The molecule has 9 heteroatoms. The minimum atomic E-state index is -3.58. The number of hydrogen-bond acceptors (Lipinski definition) is 8. The average molecular weight is 551 g/mol. The van der Waals surface area contributed by atoms with E-state index >= 15 is 0 Å². The first-order chi connectivity index (χ1) is 18.3. The van der Waals surface area contributed by atoms with Gasteiger partial charge in [0.2, 0.25) is 5.75 Å². The number of benzene rings is 2. The first kappa shape index (κ1) is 29.9. The molecule has 0 saturated carbocycles. The fraction of sp³-hybridized carbons (Fsp3) is 0.586. The molecule has 212 valence electrons. The Labute approximate surface area is 227 Å². The quantitative estimate of drug-likeness (QED) is 0.234. The van der Waals surface area contributed by atoms with Gasteiger partial charge in [0.05, 0.1) is 52.5 Å². The fourth-order valence-electron chi connectivity index (χ4n) is 4.59. The van der Waals surface area contributed by atoms with Gasteiger partial charge in [-0.25, -0.2) is 8.42 Å². The van der Waals surface area contributed by atoms with Crippen molar-refractivity contribution < 1.29 is 36.8 Å². The van der Waals surface area contributed by atoms with E-state index in [2.05, 4.69) is 6.92 Å².